The Balaban J connectivity index is 1.67. The van der Waals surface area contributed by atoms with Gasteiger partial charge in [-0.1, -0.05) is 29.8 Å². The molecule has 0 aliphatic rings. The van der Waals surface area contributed by atoms with Gasteiger partial charge in [0.2, 0.25) is 0 Å². The van der Waals surface area contributed by atoms with Crippen LogP contribution in [0.4, 0.5) is 11.5 Å². The molecule has 0 radical (unpaired) electrons. The highest BCUT2D eigenvalue weighted by molar-refractivity contribution is 7.92. The quantitative estimate of drug-likeness (QED) is 0.689. The number of aromatic nitrogens is 2. The van der Waals surface area contributed by atoms with Crippen molar-refractivity contribution in [2.24, 2.45) is 0 Å². The van der Waals surface area contributed by atoms with Gasteiger partial charge in [-0.15, -0.1) is 0 Å². The minimum absolute atomic E-state index is 0.0236. The highest BCUT2D eigenvalue weighted by Crippen LogP contribution is 2.23. The number of hydrogen-bond acceptors (Lipinski definition) is 5. The van der Waals surface area contributed by atoms with E-state index >= 15 is 0 Å². The zero-order chi connectivity index (χ0) is 17.7. The Kier molecular flexibility index (Phi) is 5.16. The summed E-state index contributed by atoms with van der Waals surface area (Å²) >= 11 is 5.95. The maximum absolute atomic E-state index is 12.4. The average molecular weight is 375 g/mol. The smallest absolute Gasteiger partial charge is 0.263 e. The number of halogens is 1. The van der Waals surface area contributed by atoms with E-state index in [0.29, 0.717) is 18.1 Å². The van der Waals surface area contributed by atoms with E-state index in [4.69, 9.17) is 11.6 Å². The molecule has 0 fully saturated rings. The van der Waals surface area contributed by atoms with E-state index in [2.05, 4.69) is 20.0 Å². The molecular weight excluding hydrogens is 360 g/mol. The molecule has 0 unspecified atom stereocenters. The van der Waals surface area contributed by atoms with E-state index in [1.165, 1.54) is 18.3 Å². The zero-order valence-electron chi connectivity index (χ0n) is 13.1. The van der Waals surface area contributed by atoms with E-state index in [1.807, 2.05) is 12.1 Å². The summed E-state index contributed by atoms with van der Waals surface area (Å²) in [5.41, 5.74) is 1.37. The maximum Gasteiger partial charge on any atom is 0.263 e. The third-order valence-electron chi connectivity index (χ3n) is 3.34. The van der Waals surface area contributed by atoms with Crippen LogP contribution in [-0.2, 0) is 16.6 Å². The first-order valence-corrected chi connectivity index (χ1v) is 9.27. The minimum Gasteiger partial charge on any atom is -0.366 e. The Bertz CT molecular complexity index is 948. The SMILES string of the molecule is O=S(=O)(Nc1ccc(NCc2cccnc2)nc1)c1ccccc1Cl. The van der Waals surface area contributed by atoms with Crippen LogP contribution in [0.2, 0.25) is 5.02 Å². The van der Waals surface area contributed by atoms with E-state index in [1.54, 1.807) is 36.7 Å². The second-order valence-electron chi connectivity index (χ2n) is 5.18. The van der Waals surface area contributed by atoms with Crippen molar-refractivity contribution in [1.82, 2.24) is 9.97 Å². The Hall–Kier alpha value is -2.64. The van der Waals surface area contributed by atoms with Crippen molar-refractivity contribution < 1.29 is 8.42 Å². The fraction of sp³-hybridized carbons (Fsp3) is 0.0588. The highest BCUT2D eigenvalue weighted by atomic mass is 35.5. The van der Waals surface area contributed by atoms with Crippen LogP contribution in [0.1, 0.15) is 5.56 Å². The van der Waals surface area contributed by atoms with Crippen molar-refractivity contribution in [3.8, 4) is 0 Å². The molecular formula is C17H15ClN4O2S. The fourth-order valence-corrected chi connectivity index (χ4v) is 3.69. The standard InChI is InChI=1S/C17H15ClN4O2S/c18-15-5-1-2-6-16(15)25(23,24)22-14-7-8-17(21-12-14)20-11-13-4-3-9-19-10-13/h1-10,12,22H,11H2,(H,20,21). The van der Waals surface area contributed by atoms with Crippen LogP contribution in [-0.4, -0.2) is 18.4 Å². The number of sulfonamides is 1. The third-order valence-corrected chi connectivity index (χ3v) is 5.22. The van der Waals surface area contributed by atoms with Crippen LogP contribution in [0.3, 0.4) is 0 Å². The van der Waals surface area contributed by atoms with Crippen molar-refractivity contribution in [1.29, 1.82) is 0 Å². The summed E-state index contributed by atoms with van der Waals surface area (Å²) in [6.07, 6.45) is 4.92. The second-order valence-corrected chi connectivity index (χ2v) is 7.24. The lowest BCUT2D eigenvalue weighted by molar-refractivity contribution is 0.601. The Morgan fingerprint density at radius 1 is 1.00 bits per heavy atom. The van der Waals surface area contributed by atoms with Crippen molar-refractivity contribution in [3.63, 3.8) is 0 Å². The molecule has 0 saturated carbocycles. The van der Waals surface area contributed by atoms with Crippen LogP contribution >= 0.6 is 11.6 Å². The van der Waals surface area contributed by atoms with Crippen molar-refractivity contribution in [2.45, 2.75) is 11.4 Å². The Morgan fingerprint density at radius 3 is 2.52 bits per heavy atom. The molecule has 0 amide bonds. The molecule has 6 nitrogen and oxygen atoms in total. The number of anilines is 2. The molecule has 1 aromatic carbocycles. The van der Waals surface area contributed by atoms with Crippen LogP contribution in [0.25, 0.3) is 0 Å². The van der Waals surface area contributed by atoms with Gasteiger partial charge in [0.15, 0.2) is 0 Å². The number of rotatable bonds is 6. The number of nitrogens with zero attached hydrogens (tertiary/aromatic N) is 2. The first kappa shape index (κ1) is 17.2. The number of benzene rings is 1. The summed E-state index contributed by atoms with van der Waals surface area (Å²) in [4.78, 5) is 8.27. The van der Waals surface area contributed by atoms with Crippen LogP contribution < -0.4 is 10.0 Å². The Labute approximate surface area is 151 Å². The highest BCUT2D eigenvalue weighted by Gasteiger charge is 2.17. The predicted molar refractivity (Wildman–Crippen MR) is 98.1 cm³/mol. The molecule has 0 bridgehead atoms. The summed E-state index contributed by atoms with van der Waals surface area (Å²) < 4.78 is 27.2. The average Bonchev–Trinajstić information content (AvgIpc) is 2.62. The molecule has 2 N–H and O–H groups in total. The number of pyridine rings is 2. The largest absolute Gasteiger partial charge is 0.366 e. The van der Waals surface area contributed by atoms with E-state index < -0.39 is 10.0 Å². The lowest BCUT2D eigenvalue weighted by atomic mass is 10.3. The molecule has 0 aliphatic carbocycles. The molecule has 8 heteroatoms. The van der Waals surface area contributed by atoms with E-state index in [0.717, 1.165) is 5.56 Å². The lowest BCUT2D eigenvalue weighted by Gasteiger charge is -2.10. The summed E-state index contributed by atoms with van der Waals surface area (Å²) in [6.45, 7) is 0.575. The molecule has 2 aromatic heterocycles. The number of nitrogens with one attached hydrogen (secondary N) is 2. The van der Waals surface area contributed by atoms with Gasteiger partial charge in [-0.05, 0) is 35.9 Å². The summed E-state index contributed by atoms with van der Waals surface area (Å²) in [5, 5.41) is 3.31. The van der Waals surface area contributed by atoms with Gasteiger partial charge in [0.1, 0.15) is 10.7 Å². The maximum atomic E-state index is 12.4. The van der Waals surface area contributed by atoms with Gasteiger partial charge in [0.25, 0.3) is 10.0 Å². The summed E-state index contributed by atoms with van der Waals surface area (Å²) in [6, 6.07) is 13.4. The van der Waals surface area contributed by atoms with Crippen molar-refractivity contribution in [3.05, 3.63) is 77.7 Å². The molecule has 128 valence electrons. The molecule has 2 heterocycles. The third kappa shape index (κ3) is 4.46. The fourth-order valence-electron chi connectivity index (χ4n) is 2.13. The van der Waals surface area contributed by atoms with Crippen molar-refractivity contribution in [2.75, 3.05) is 10.0 Å². The normalized spacial score (nSPS) is 11.1. The van der Waals surface area contributed by atoms with Gasteiger partial charge >= 0.3 is 0 Å². The first-order valence-electron chi connectivity index (χ1n) is 7.41. The topological polar surface area (TPSA) is 84.0 Å². The second kappa shape index (κ2) is 7.50. The molecule has 0 aliphatic heterocycles. The molecule has 0 spiro atoms. The minimum atomic E-state index is -3.76. The zero-order valence-corrected chi connectivity index (χ0v) is 14.6. The summed E-state index contributed by atoms with van der Waals surface area (Å²) in [7, 11) is -3.76. The first-order chi connectivity index (χ1) is 12.0. The molecule has 0 atom stereocenters. The number of hydrogen-bond donors (Lipinski definition) is 2. The van der Waals surface area contributed by atoms with Gasteiger partial charge < -0.3 is 5.32 Å². The van der Waals surface area contributed by atoms with Gasteiger partial charge in [0, 0.05) is 18.9 Å². The molecule has 0 saturated heterocycles. The predicted octanol–water partition coefficient (Wildman–Crippen LogP) is 3.54. The molecule has 3 rings (SSSR count). The van der Waals surface area contributed by atoms with Gasteiger partial charge in [-0.25, -0.2) is 13.4 Å². The van der Waals surface area contributed by atoms with Gasteiger partial charge in [-0.3, -0.25) is 9.71 Å². The monoisotopic (exact) mass is 374 g/mol. The van der Waals surface area contributed by atoms with Gasteiger partial charge in [-0.2, -0.15) is 0 Å². The molecule has 25 heavy (non-hydrogen) atoms. The molecule has 3 aromatic rings. The Morgan fingerprint density at radius 2 is 1.84 bits per heavy atom. The summed E-state index contributed by atoms with van der Waals surface area (Å²) in [5.74, 6) is 0.629. The van der Waals surface area contributed by atoms with E-state index in [9.17, 15) is 8.42 Å². The van der Waals surface area contributed by atoms with E-state index in [-0.39, 0.29) is 9.92 Å². The van der Waals surface area contributed by atoms with Crippen LogP contribution in [0.15, 0.2) is 72.0 Å². The van der Waals surface area contributed by atoms with Crippen molar-refractivity contribution >= 4 is 33.1 Å². The van der Waals surface area contributed by atoms with Crippen LogP contribution in [0, 0.1) is 0 Å². The lowest BCUT2D eigenvalue weighted by Crippen LogP contribution is -2.13. The van der Waals surface area contributed by atoms with Crippen LogP contribution in [0.5, 0.6) is 0 Å². The van der Waals surface area contributed by atoms with Gasteiger partial charge in [0.05, 0.1) is 16.9 Å².